The molecule has 2 aromatic carbocycles. The van der Waals surface area contributed by atoms with Crippen molar-refractivity contribution in [3.8, 4) is 11.5 Å². The summed E-state index contributed by atoms with van der Waals surface area (Å²) in [5, 5.41) is 3.44. The lowest BCUT2D eigenvalue weighted by molar-refractivity contribution is -0.110. The average molecular weight is 358 g/mol. The third-order valence-electron chi connectivity index (χ3n) is 4.02. The molecule has 0 saturated carbocycles. The molecular weight excluding hydrogens is 338 g/mol. The van der Waals surface area contributed by atoms with E-state index in [4.69, 9.17) is 21.1 Å². The van der Waals surface area contributed by atoms with Gasteiger partial charge in [0.25, 0.3) is 5.91 Å². The van der Waals surface area contributed by atoms with Gasteiger partial charge < -0.3 is 14.8 Å². The maximum absolute atomic E-state index is 12.3. The third-order valence-corrected chi connectivity index (χ3v) is 4.25. The highest BCUT2D eigenvalue weighted by atomic mass is 35.5. The monoisotopic (exact) mass is 357 g/mol. The van der Waals surface area contributed by atoms with Gasteiger partial charge in [0.05, 0.1) is 13.7 Å². The van der Waals surface area contributed by atoms with Crippen LogP contribution in [-0.4, -0.2) is 19.6 Å². The molecule has 0 aromatic heterocycles. The van der Waals surface area contributed by atoms with Gasteiger partial charge in [0.15, 0.2) is 11.5 Å². The minimum atomic E-state index is -0.139. The lowest BCUT2D eigenvalue weighted by Crippen LogP contribution is -2.03. The van der Waals surface area contributed by atoms with E-state index in [-0.39, 0.29) is 5.91 Å². The van der Waals surface area contributed by atoms with Gasteiger partial charge in [-0.25, -0.2) is 0 Å². The van der Waals surface area contributed by atoms with Crippen molar-refractivity contribution in [1.29, 1.82) is 0 Å². The zero-order valence-electron chi connectivity index (χ0n) is 14.3. The van der Waals surface area contributed by atoms with Gasteiger partial charge in [0, 0.05) is 21.8 Å². The van der Waals surface area contributed by atoms with Crippen molar-refractivity contribution in [2.45, 2.75) is 19.8 Å². The Balaban J connectivity index is 1.91. The Labute approximate surface area is 152 Å². The van der Waals surface area contributed by atoms with Crippen LogP contribution in [0.1, 0.15) is 30.9 Å². The van der Waals surface area contributed by atoms with E-state index in [0.29, 0.717) is 28.7 Å². The number of halogens is 1. The number of nitrogens with one attached hydrogen (secondary N) is 1. The lowest BCUT2D eigenvalue weighted by atomic mass is 10.0. The standard InChI is InChI=1S/C20H20ClNO3/c1-3-4-9-25-18-8-5-13(11-19(18)24-2)10-16-15-12-14(21)6-7-17(15)22-20(16)23/h5-8,10-12H,3-4,9H2,1-2H3,(H,22,23)/b16-10+. The second kappa shape index (κ2) is 7.62. The number of carbonyl (C=O) groups excluding carboxylic acids is 1. The summed E-state index contributed by atoms with van der Waals surface area (Å²) in [7, 11) is 1.61. The number of hydrogen-bond donors (Lipinski definition) is 1. The number of benzene rings is 2. The predicted molar refractivity (Wildman–Crippen MR) is 101 cm³/mol. The second-order valence-corrected chi connectivity index (χ2v) is 6.25. The molecule has 25 heavy (non-hydrogen) atoms. The molecule has 0 atom stereocenters. The number of unbranched alkanes of at least 4 members (excludes halogenated alkanes) is 1. The van der Waals surface area contributed by atoms with Crippen molar-refractivity contribution in [2.24, 2.45) is 0 Å². The van der Waals surface area contributed by atoms with Crippen LogP contribution in [0.5, 0.6) is 11.5 Å². The molecule has 0 saturated heterocycles. The van der Waals surface area contributed by atoms with Crippen molar-refractivity contribution in [3.63, 3.8) is 0 Å². The van der Waals surface area contributed by atoms with Gasteiger partial charge >= 0.3 is 0 Å². The quantitative estimate of drug-likeness (QED) is 0.583. The molecule has 1 heterocycles. The average Bonchev–Trinajstić information content (AvgIpc) is 2.91. The first-order chi connectivity index (χ1) is 12.1. The van der Waals surface area contributed by atoms with E-state index in [2.05, 4.69) is 12.2 Å². The Morgan fingerprint density at radius 2 is 2.00 bits per heavy atom. The van der Waals surface area contributed by atoms with Crippen molar-refractivity contribution < 1.29 is 14.3 Å². The number of ether oxygens (including phenoxy) is 2. The van der Waals surface area contributed by atoms with E-state index in [1.165, 1.54) is 0 Å². The highest BCUT2D eigenvalue weighted by Gasteiger charge is 2.24. The van der Waals surface area contributed by atoms with E-state index in [1.807, 2.05) is 30.3 Å². The number of rotatable bonds is 6. The van der Waals surface area contributed by atoms with Crippen molar-refractivity contribution in [1.82, 2.24) is 0 Å². The number of methoxy groups -OCH3 is 1. The summed E-state index contributed by atoms with van der Waals surface area (Å²) in [5.41, 5.74) is 3.02. The van der Waals surface area contributed by atoms with Crippen LogP contribution in [0.2, 0.25) is 5.02 Å². The number of carbonyl (C=O) groups is 1. The molecule has 4 nitrogen and oxygen atoms in total. The van der Waals surface area contributed by atoms with Gasteiger partial charge in [0.2, 0.25) is 0 Å². The first kappa shape index (κ1) is 17.4. The minimum absolute atomic E-state index is 0.139. The minimum Gasteiger partial charge on any atom is -0.493 e. The fourth-order valence-electron chi connectivity index (χ4n) is 2.69. The first-order valence-corrected chi connectivity index (χ1v) is 8.64. The van der Waals surface area contributed by atoms with Crippen molar-refractivity contribution in [3.05, 3.63) is 52.5 Å². The fourth-order valence-corrected chi connectivity index (χ4v) is 2.86. The fraction of sp³-hybridized carbons (Fsp3) is 0.250. The van der Waals surface area contributed by atoms with E-state index >= 15 is 0 Å². The molecule has 3 rings (SSSR count). The number of anilines is 1. The highest BCUT2D eigenvalue weighted by molar-refractivity contribution is 6.36. The SMILES string of the molecule is CCCCOc1ccc(/C=C2/C(=O)Nc3ccc(Cl)cc32)cc1OC. The maximum atomic E-state index is 12.3. The normalized spacial score (nSPS) is 14.4. The Hall–Kier alpha value is -2.46. The first-order valence-electron chi connectivity index (χ1n) is 8.26. The van der Waals surface area contributed by atoms with Crippen molar-refractivity contribution >= 4 is 34.8 Å². The van der Waals surface area contributed by atoms with Gasteiger partial charge in [-0.1, -0.05) is 31.0 Å². The molecule has 1 aliphatic heterocycles. The molecule has 0 unspecified atom stereocenters. The summed E-state index contributed by atoms with van der Waals surface area (Å²) in [6.07, 6.45) is 3.89. The van der Waals surface area contributed by atoms with Crippen LogP contribution in [-0.2, 0) is 4.79 Å². The van der Waals surface area contributed by atoms with Crippen molar-refractivity contribution in [2.75, 3.05) is 19.0 Å². The summed E-state index contributed by atoms with van der Waals surface area (Å²) in [5.74, 6) is 1.21. The van der Waals surface area contributed by atoms with Gasteiger partial charge in [-0.3, -0.25) is 4.79 Å². The van der Waals surface area contributed by atoms with Crippen LogP contribution in [0.4, 0.5) is 5.69 Å². The van der Waals surface area contributed by atoms with Crippen LogP contribution in [0.3, 0.4) is 0 Å². The zero-order chi connectivity index (χ0) is 17.8. The zero-order valence-corrected chi connectivity index (χ0v) is 15.0. The molecule has 0 radical (unpaired) electrons. The Morgan fingerprint density at radius 3 is 2.76 bits per heavy atom. The summed E-state index contributed by atoms with van der Waals surface area (Å²) >= 11 is 6.07. The largest absolute Gasteiger partial charge is 0.493 e. The molecule has 130 valence electrons. The van der Waals surface area contributed by atoms with Gasteiger partial charge in [-0.15, -0.1) is 0 Å². The van der Waals surface area contributed by atoms with Crippen LogP contribution in [0.15, 0.2) is 36.4 Å². The lowest BCUT2D eigenvalue weighted by Gasteiger charge is -2.11. The molecule has 5 heteroatoms. The molecule has 1 amide bonds. The summed E-state index contributed by atoms with van der Waals surface area (Å²) in [6.45, 7) is 2.77. The number of amides is 1. The second-order valence-electron chi connectivity index (χ2n) is 5.81. The van der Waals surface area contributed by atoms with Gasteiger partial charge in [-0.05, 0) is 48.4 Å². The van der Waals surface area contributed by atoms with Crippen LogP contribution < -0.4 is 14.8 Å². The molecular formula is C20H20ClNO3. The van der Waals surface area contributed by atoms with Crippen LogP contribution >= 0.6 is 11.6 Å². The van der Waals surface area contributed by atoms with Crippen LogP contribution in [0, 0.1) is 0 Å². The maximum Gasteiger partial charge on any atom is 0.256 e. The summed E-state index contributed by atoms with van der Waals surface area (Å²) in [6, 6.07) is 11.0. The van der Waals surface area contributed by atoms with E-state index in [9.17, 15) is 4.79 Å². The molecule has 0 spiro atoms. The van der Waals surface area contributed by atoms with E-state index in [0.717, 1.165) is 29.7 Å². The molecule has 0 bridgehead atoms. The number of fused-ring (bicyclic) bond motifs is 1. The molecule has 1 N–H and O–H groups in total. The number of hydrogen-bond acceptors (Lipinski definition) is 3. The topological polar surface area (TPSA) is 47.6 Å². The van der Waals surface area contributed by atoms with Crippen LogP contribution in [0.25, 0.3) is 11.6 Å². The summed E-state index contributed by atoms with van der Waals surface area (Å²) < 4.78 is 11.2. The Kier molecular flexibility index (Phi) is 5.29. The molecule has 1 aliphatic rings. The molecule has 0 fully saturated rings. The predicted octanol–water partition coefficient (Wildman–Crippen LogP) is 5.02. The Bertz CT molecular complexity index is 830. The third kappa shape index (κ3) is 3.80. The molecule has 0 aliphatic carbocycles. The van der Waals surface area contributed by atoms with Gasteiger partial charge in [0.1, 0.15) is 0 Å². The highest BCUT2D eigenvalue weighted by Crippen LogP contribution is 2.36. The Morgan fingerprint density at radius 1 is 1.16 bits per heavy atom. The smallest absolute Gasteiger partial charge is 0.256 e. The summed E-state index contributed by atoms with van der Waals surface area (Å²) in [4.78, 5) is 12.3. The molecule has 2 aromatic rings. The van der Waals surface area contributed by atoms with E-state index in [1.54, 1.807) is 19.2 Å². The van der Waals surface area contributed by atoms with E-state index < -0.39 is 0 Å². The van der Waals surface area contributed by atoms with Gasteiger partial charge in [-0.2, -0.15) is 0 Å².